The Balaban J connectivity index is 1.91. The van der Waals surface area contributed by atoms with Crippen molar-refractivity contribution >= 4 is 50.5 Å². The van der Waals surface area contributed by atoms with Crippen LogP contribution in [0.25, 0.3) is 0 Å². The zero-order chi connectivity index (χ0) is 22.1. The van der Waals surface area contributed by atoms with E-state index in [0.29, 0.717) is 5.69 Å². The van der Waals surface area contributed by atoms with Gasteiger partial charge in [-0.25, -0.2) is 12.8 Å². The van der Waals surface area contributed by atoms with E-state index in [1.165, 1.54) is 30.3 Å². The Hall–Kier alpha value is -2.61. The predicted molar refractivity (Wildman–Crippen MR) is 118 cm³/mol. The van der Waals surface area contributed by atoms with Crippen LogP contribution in [0.3, 0.4) is 0 Å². The van der Waals surface area contributed by atoms with Crippen LogP contribution < -0.4 is 10.0 Å². The Bertz CT molecular complexity index is 1250. The van der Waals surface area contributed by atoms with E-state index in [4.69, 9.17) is 23.2 Å². The molecule has 0 aliphatic heterocycles. The molecule has 0 heterocycles. The van der Waals surface area contributed by atoms with Crippen LogP contribution in [0.4, 0.5) is 15.8 Å². The van der Waals surface area contributed by atoms with Crippen molar-refractivity contribution in [3.8, 4) is 0 Å². The zero-order valence-electron chi connectivity index (χ0n) is 16.0. The summed E-state index contributed by atoms with van der Waals surface area (Å²) in [6.45, 7) is 3.62. The highest BCUT2D eigenvalue weighted by Gasteiger charge is 2.21. The van der Waals surface area contributed by atoms with Crippen LogP contribution in [0.1, 0.15) is 21.5 Å². The summed E-state index contributed by atoms with van der Waals surface area (Å²) in [4.78, 5) is 12.3. The number of carbonyl (C=O) groups excluding carboxylic acids is 1. The lowest BCUT2D eigenvalue weighted by Crippen LogP contribution is -2.17. The largest absolute Gasteiger partial charge is 0.322 e. The lowest BCUT2D eigenvalue weighted by Gasteiger charge is -2.13. The molecule has 0 unspecified atom stereocenters. The molecular weight excluding hydrogens is 450 g/mol. The first-order chi connectivity index (χ1) is 14.1. The maximum atomic E-state index is 13.3. The molecule has 0 bridgehead atoms. The fraction of sp³-hybridized carbons (Fsp3) is 0.0952. The maximum Gasteiger partial charge on any atom is 0.263 e. The van der Waals surface area contributed by atoms with Crippen molar-refractivity contribution in [2.75, 3.05) is 10.0 Å². The van der Waals surface area contributed by atoms with Crippen LogP contribution in [0.2, 0.25) is 10.0 Å². The first-order valence-electron chi connectivity index (χ1n) is 8.73. The lowest BCUT2D eigenvalue weighted by molar-refractivity contribution is 0.102. The van der Waals surface area contributed by atoms with Gasteiger partial charge in [-0.1, -0.05) is 35.3 Å². The summed E-state index contributed by atoms with van der Waals surface area (Å²) < 4.78 is 41.6. The third-order valence-corrected chi connectivity index (χ3v) is 6.43. The van der Waals surface area contributed by atoms with Crippen LogP contribution in [0.5, 0.6) is 0 Å². The van der Waals surface area contributed by atoms with E-state index < -0.39 is 21.7 Å². The van der Waals surface area contributed by atoms with Gasteiger partial charge in [-0.3, -0.25) is 9.52 Å². The summed E-state index contributed by atoms with van der Waals surface area (Å²) in [5, 5.41) is 2.36. The van der Waals surface area contributed by atoms with Crippen LogP contribution in [0, 0.1) is 19.7 Å². The van der Waals surface area contributed by atoms with E-state index in [9.17, 15) is 17.6 Å². The molecule has 3 aromatic rings. The fourth-order valence-corrected chi connectivity index (χ4v) is 4.50. The molecule has 1 amide bonds. The van der Waals surface area contributed by atoms with Gasteiger partial charge in [0.05, 0.1) is 15.7 Å². The monoisotopic (exact) mass is 466 g/mol. The number of nitrogens with one attached hydrogen (secondary N) is 2. The van der Waals surface area contributed by atoms with Crippen molar-refractivity contribution in [1.82, 2.24) is 0 Å². The first kappa shape index (κ1) is 22.1. The third-order valence-electron chi connectivity index (χ3n) is 4.30. The molecule has 0 aliphatic carbocycles. The van der Waals surface area contributed by atoms with E-state index in [1.54, 1.807) is 19.1 Å². The molecular formula is C21H17Cl2FN2O3S. The van der Waals surface area contributed by atoms with Crippen molar-refractivity contribution in [2.45, 2.75) is 18.7 Å². The normalized spacial score (nSPS) is 11.2. The van der Waals surface area contributed by atoms with Crippen molar-refractivity contribution < 1.29 is 17.6 Å². The molecule has 0 aromatic heterocycles. The van der Waals surface area contributed by atoms with Crippen molar-refractivity contribution in [2.24, 2.45) is 0 Å². The number of benzene rings is 3. The molecule has 9 heteroatoms. The number of halogens is 3. The van der Waals surface area contributed by atoms with Gasteiger partial charge in [0.1, 0.15) is 10.7 Å². The molecule has 0 atom stereocenters. The summed E-state index contributed by atoms with van der Waals surface area (Å²) in [6.07, 6.45) is 0. The Labute approximate surface area is 183 Å². The van der Waals surface area contributed by atoms with Gasteiger partial charge in [0, 0.05) is 11.3 Å². The molecule has 0 aliphatic rings. The Morgan fingerprint density at radius 1 is 0.933 bits per heavy atom. The molecule has 3 aromatic carbocycles. The van der Waals surface area contributed by atoms with Crippen molar-refractivity contribution in [3.05, 3.63) is 87.2 Å². The topological polar surface area (TPSA) is 75.3 Å². The Morgan fingerprint density at radius 2 is 1.67 bits per heavy atom. The number of hydrogen-bond donors (Lipinski definition) is 2. The standard InChI is InChI=1S/C21H17Cl2FN2O3S/c1-12-3-4-13(2)19(9-12)26-30(28,29)20-10-14(5-7-16(20)22)21(27)25-15-6-8-18(24)17(23)11-15/h3-11,26H,1-2H3,(H,25,27). The SMILES string of the molecule is Cc1ccc(C)c(NS(=O)(=O)c2cc(C(=O)Nc3ccc(F)c(Cl)c3)ccc2Cl)c1. The smallest absolute Gasteiger partial charge is 0.263 e. The number of carbonyl (C=O) groups is 1. The molecule has 0 radical (unpaired) electrons. The molecule has 30 heavy (non-hydrogen) atoms. The zero-order valence-corrected chi connectivity index (χ0v) is 18.3. The second kappa shape index (κ2) is 8.63. The lowest BCUT2D eigenvalue weighted by atomic mass is 10.1. The molecule has 5 nitrogen and oxygen atoms in total. The third kappa shape index (κ3) is 4.92. The predicted octanol–water partition coefficient (Wildman–Crippen LogP) is 5.80. The van der Waals surface area contributed by atoms with Gasteiger partial charge in [0.15, 0.2) is 0 Å². The minimum absolute atomic E-state index is 0.0332. The van der Waals surface area contributed by atoms with E-state index in [1.807, 2.05) is 13.0 Å². The molecule has 0 spiro atoms. The van der Waals surface area contributed by atoms with Gasteiger partial charge in [-0.05, 0) is 67.4 Å². The molecule has 0 saturated carbocycles. The van der Waals surface area contributed by atoms with Crippen LogP contribution in [-0.2, 0) is 10.0 Å². The van der Waals surface area contributed by atoms with Gasteiger partial charge >= 0.3 is 0 Å². The number of amides is 1. The highest BCUT2D eigenvalue weighted by atomic mass is 35.5. The number of sulfonamides is 1. The quantitative estimate of drug-likeness (QED) is 0.498. The van der Waals surface area contributed by atoms with Crippen molar-refractivity contribution in [3.63, 3.8) is 0 Å². The molecule has 0 saturated heterocycles. The summed E-state index contributed by atoms with van der Waals surface area (Å²) in [5.41, 5.74) is 2.36. The summed E-state index contributed by atoms with van der Waals surface area (Å²) in [7, 11) is -4.06. The number of aryl methyl sites for hydroxylation is 2. The summed E-state index contributed by atoms with van der Waals surface area (Å²) >= 11 is 11.8. The Morgan fingerprint density at radius 3 is 2.37 bits per heavy atom. The van der Waals surface area contributed by atoms with E-state index in [2.05, 4.69) is 10.0 Å². The average molecular weight is 467 g/mol. The number of anilines is 2. The highest BCUT2D eigenvalue weighted by molar-refractivity contribution is 7.92. The van der Waals surface area contributed by atoms with Gasteiger partial charge < -0.3 is 5.32 Å². The minimum Gasteiger partial charge on any atom is -0.322 e. The van der Waals surface area contributed by atoms with Crippen molar-refractivity contribution in [1.29, 1.82) is 0 Å². The second-order valence-electron chi connectivity index (χ2n) is 6.65. The van der Waals surface area contributed by atoms with Gasteiger partial charge in [0.2, 0.25) is 0 Å². The number of hydrogen-bond acceptors (Lipinski definition) is 3. The number of rotatable bonds is 5. The molecule has 156 valence electrons. The fourth-order valence-electron chi connectivity index (χ4n) is 2.67. The average Bonchev–Trinajstić information content (AvgIpc) is 2.67. The maximum absolute atomic E-state index is 13.3. The highest BCUT2D eigenvalue weighted by Crippen LogP contribution is 2.27. The van der Waals surface area contributed by atoms with E-state index >= 15 is 0 Å². The second-order valence-corrected chi connectivity index (χ2v) is 9.12. The Kier molecular flexibility index (Phi) is 6.36. The molecule has 2 N–H and O–H groups in total. The van der Waals surface area contributed by atoms with Crippen LogP contribution in [0.15, 0.2) is 59.5 Å². The summed E-state index contributed by atoms with van der Waals surface area (Å²) in [5.74, 6) is -1.22. The van der Waals surface area contributed by atoms with Crippen LogP contribution >= 0.6 is 23.2 Å². The van der Waals surface area contributed by atoms with Gasteiger partial charge in [-0.2, -0.15) is 0 Å². The van der Waals surface area contributed by atoms with E-state index in [0.717, 1.165) is 17.2 Å². The van der Waals surface area contributed by atoms with Gasteiger partial charge in [-0.15, -0.1) is 0 Å². The van der Waals surface area contributed by atoms with Crippen LogP contribution in [-0.4, -0.2) is 14.3 Å². The molecule has 0 fully saturated rings. The first-order valence-corrected chi connectivity index (χ1v) is 11.0. The summed E-state index contributed by atoms with van der Waals surface area (Å²) in [6, 6.07) is 13.0. The minimum atomic E-state index is -4.06. The van der Waals surface area contributed by atoms with Gasteiger partial charge in [0.25, 0.3) is 15.9 Å². The molecule has 3 rings (SSSR count). The van der Waals surface area contributed by atoms with E-state index in [-0.39, 0.29) is 26.2 Å².